The number of morpholine rings is 1. The molecule has 1 saturated heterocycles. The van der Waals surface area contributed by atoms with Gasteiger partial charge in [0, 0.05) is 24.3 Å². The fourth-order valence-corrected chi connectivity index (χ4v) is 5.79. The third-order valence-corrected chi connectivity index (χ3v) is 7.83. The minimum absolute atomic E-state index is 0.00291. The molecule has 0 radical (unpaired) electrons. The smallest absolute Gasteiger partial charge is 0.291 e. The molecule has 1 fully saturated rings. The first-order valence-electron chi connectivity index (χ1n) is 9.62. The number of nitrogens with one attached hydrogen (secondary N) is 2. The van der Waals surface area contributed by atoms with Crippen LogP contribution < -0.4 is 10.0 Å². The highest BCUT2D eigenvalue weighted by molar-refractivity contribution is 7.89. The molecular weight excluding hydrogens is 465 g/mol. The van der Waals surface area contributed by atoms with Gasteiger partial charge in [-0.2, -0.15) is 4.31 Å². The van der Waals surface area contributed by atoms with Crippen molar-refractivity contribution in [3.63, 3.8) is 0 Å². The topological polar surface area (TPSA) is 135 Å². The molecule has 1 aliphatic heterocycles. The Hall–Kier alpha value is -2.32. The summed E-state index contributed by atoms with van der Waals surface area (Å²) in [5.74, 6) is -2.11. The summed E-state index contributed by atoms with van der Waals surface area (Å²) in [6, 6.07) is 5.41. The van der Waals surface area contributed by atoms with Gasteiger partial charge < -0.3 is 14.5 Å². The Labute approximate surface area is 185 Å². The number of nitrogens with zero attached hydrogens (tertiary/aromatic N) is 1. The Morgan fingerprint density at radius 2 is 1.72 bits per heavy atom. The van der Waals surface area contributed by atoms with Gasteiger partial charge in [-0.25, -0.2) is 25.9 Å². The average molecular weight is 490 g/mol. The molecule has 13 heteroatoms. The van der Waals surface area contributed by atoms with Gasteiger partial charge in [0.2, 0.25) is 15.1 Å². The number of carbonyl (C=O) groups excluding carboxylic acids is 1. The summed E-state index contributed by atoms with van der Waals surface area (Å²) in [6.07, 6.45) is 0. The first kappa shape index (κ1) is 24.3. The van der Waals surface area contributed by atoms with Gasteiger partial charge in [-0.3, -0.25) is 4.79 Å². The largest absolute Gasteiger partial charge is 0.438 e. The van der Waals surface area contributed by atoms with Crippen molar-refractivity contribution in [3.8, 4) is 0 Å². The summed E-state index contributed by atoms with van der Waals surface area (Å²) in [5.41, 5.74) is -0.762. The quantitative estimate of drug-likeness (QED) is 0.631. The van der Waals surface area contributed by atoms with Crippen LogP contribution >= 0.6 is 0 Å². The van der Waals surface area contributed by atoms with Crippen LogP contribution in [0.15, 0.2) is 44.7 Å². The maximum Gasteiger partial charge on any atom is 0.291 e. The number of hydrogen-bond acceptors (Lipinski definition) is 7. The normalized spacial score (nSPS) is 16.1. The van der Waals surface area contributed by atoms with Gasteiger partial charge in [-0.1, -0.05) is 0 Å². The van der Waals surface area contributed by atoms with Crippen LogP contribution in [-0.2, 0) is 24.8 Å². The van der Waals surface area contributed by atoms with Crippen molar-refractivity contribution in [2.24, 2.45) is 0 Å². The van der Waals surface area contributed by atoms with Crippen molar-refractivity contribution in [2.75, 3.05) is 31.6 Å². The molecule has 1 amide bonds. The monoisotopic (exact) mass is 489 g/mol. The number of sulfonamides is 2. The van der Waals surface area contributed by atoms with E-state index in [0.717, 1.165) is 22.5 Å². The molecule has 1 aliphatic rings. The number of hydrogen-bond donors (Lipinski definition) is 2. The standard InChI is InChI=1S/C19H24FN3O7S2/c1-19(2,3)22-31(25,26)17-7-6-15(30-17)18(24)21-13-4-5-14(20)16(12-13)32(27,28)23-8-10-29-11-9-23/h4-7,12,22H,8-11H2,1-3H3,(H,21,24). The SMILES string of the molecule is CC(C)(C)NS(=O)(=O)c1ccc(C(=O)Nc2ccc(F)c(S(=O)(=O)N3CCOCC3)c2)o1. The van der Waals surface area contributed by atoms with Crippen molar-refractivity contribution in [1.82, 2.24) is 9.03 Å². The number of amides is 1. The molecule has 1 aromatic carbocycles. The molecule has 2 heterocycles. The molecule has 1 aromatic heterocycles. The molecule has 0 bridgehead atoms. The summed E-state index contributed by atoms with van der Waals surface area (Å²) < 4.78 is 78.3. The number of anilines is 1. The number of rotatable bonds is 6. The maximum absolute atomic E-state index is 14.3. The molecule has 3 rings (SSSR count). The average Bonchev–Trinajstić information content (AvgIpc) is 3.20. The Kier molecular flexibility index (Phi) is 6.77. The summed E-state index contributed by atoms with van der Waals surface area (Å²) in [4.78, 5) is 11.9. The maximum atomic E-state index is 14.3. The Balaban J connectivity index is 1.81. The molecule has 2 aromatic rings. The Morgan fingerprint density at radius 1 is 1.06 bits per heavy atom. The molecule has 0 saturated carbocycles. The first-order chi connectivity index (χ1) is 14.8. The van der Waals surface area contributed by atoms with Crippen LogP contribution in [0.4, 0.5) is 10.1 Å². The van der Waals surface area contributed by atoms with E-state index in [1.54, 1.807) is 20.8 Å². The van der Waals surface area contributed by atoms with E-state index in [0.29, 0.717) is 0 Å². The first-order valence-corrected chi connectivity index (χ1v) is 12.5. The molecule has 176 valence electrons. The van der Waals surface area contributed by atoms with Gasteiger partial charge in [-0.15, -0.1) is 0 Å². The minimum atomic E-state index is -4.13. The van der Waals surface area contributed by atoms with Crippen LogP contribution in [0.3, 0.4) is 0 Å². The highest BCUT2D eigenvalue weighted by Gasteiger charge is 2.30. The zero-order valence-electron chi connectivity index (χ0n) is 17.7. The molecule has 0 spiro atoms. The van der Waals surface area contributed by atoms with Gasteiger partial charge in [0.25, 0.3) is 15.9 Å². The van der Waals surface area contributed by atoms with Crippen molar-refractivity contribution in [2.45, 2.75) is 36.3 Å². The predicted molar refractivity (Wildman–Crippen MR) is 113 cm³/mol. The van der Waals surface area contributed by atoms with Crippen LogP contribution in [-0.4, -0.2) is 58.9 Å². The highest BCUT2D eigenvalue weighted by Crippen LogP contribution is 2.25. The van der Waals surface area contributed by atoms with Crippen LogP contribution in [0.2, 0.25) is 0 Å². The second kappa shape index (κ2) is 8.90. The third-order valence-electron chi connectivity index (χ3n) is 4.29. The lowest BCUT2D eigenvalue weighted by Gasteiger charge is -2.26. The van der Waals surface area contributed by atoms with E-state index >= 15 is 0 Å². The van der Waals surface area contributed by atoms with Crippen LogP contribution in [0.1, 0.15) is 31.3 Å². The van der Waals surface area contributed by atoms with Crippen LogP contribution in [0, 0.1) is 5.82 Å². The molecule has 0 unspecified atom stereocenters. The highest BCUT2D eigenvalue weighted by atomic mass is 32.2. The van der Waals surface area contributed by atoms with E-state index in [2.05, 4.69) is 10.0 Å². The van der Waals surface area contributed by atoms with Crippen molar-refractivity contribution in [3.05, 3.63) is 41.9 Å². The van der Waals surface area contributed by atoms with Gasteiger partial charge in [0.1, 0.15) is 10.7 Å². The van der Waals surface area contributed by atoms with E-state index in [1.165, 1.54) is 12.1 Å². The van der Waals surface area contributed by atoms with E-state index in [9.17, 15) is 26.0 Å². The third kappa shape index (κ3) is 5.53. The zero-order valence-corrected chi connectivity index (χ0v) is 19.3. The van der Waals surface area contributed by atoms with E-state index < -0.39 is 47.3 Å². The number of carbonyl (C=O) groups is 1. The van der Waals surface area contributed by atoms with E-state index in [4.69, 9.17) is 9.15 Å². The molecular formula is C19H24FN3O7S2. The predicted octanol–water partition coefficient (Wildman–Crippen LogP) is 1.77. The van der Waals surface area contributed by atoms with Crippen molar-refractivity contribution < 1.29 is 35.2 Å². The number of halogens is 1. The number of benzene rings is 1. The minimum Gasteiger partial charge on any atom is -0.438 e. The van der Waals surface area contributed by atoms with E-state index in [1.807, 2.05) is 0 Å². The molecule has 32 heavy (non-hydrogen) atoms. The van der Waals surface area contributed by atoms with Crippen molar-refractivity contribution in [1.29, 1.82) is 0 Å². The van der Waals surface area contributed by atoms with Gasteiger partial charge in [0.05, 0.1) is 13.2 Å². The lowest BCUT2D eigenvalue weighted by atomic mass is 10.1. The van der Waals surface area contributed by atoms with Gasteiger partial charge in [0.15, 0.2) is 5.76 Å². The second-order valence-corrected chi connectivity index (χ2v) is 11.6. The summed E-state index contributed by atoms with van der Waals surface area (Å²) in [5, 5.41) is 1.94. The number of furan rings is 1. The second-order valence-electron chi connectivity index (χ2n) is 8.09. The molecule has 2 N–H and O–H groups in total. The zero-order chi connectivity index (χ0) is 23.7. The fourth-order valence-electron chi connectivity index (χ4n) is 2.94. The lowest BCUT2D eigenvalue weighted by molar-refractivity contribution is 0.0729. The fraction of sp³-hybridized carbons (Fsp3) is 0.421. The van der Waals surface area contributed by atoms with Crippen LogP contribution in [0.5, 0.6) is 0 Å². The van der Waals surface area contributed by atoms with Crippen LogP contribution in [0.25, 0.3) is 0 Å². The lowest BCUT2D eigenvalue weighted by Crippen LogP contribution is -2.40. The number of ether oxygens (including phenoxy) is 1. The molecule has 10 nitrogen and oxygen atoms in total. The molecule has 0 aliphatic carbocycles. The van der Waals surface area contributed by atoms with Gasteiger partial charge in [-0.05, 0) is 51.1 Å². The molecule has 0 atom stereocenters. The summed E-state index contributed by atoms with van der Waals surface area (Å²) in [6.45, 7) is 5.53. The van der Waals surface area contributed by atoms with Gasteiger partial charge >= 0.3 is 0 Å². The Bertz CT molecular complexity index is 1210. The van der Waals surface area contributed by atoms with Crippen molar-refractivity contribution >= 4 is 31.6 Å². The van der Waals surface area contributed by atoms with E-state index in [-0.39, 0.29) is 37.8 Å². The Morgan fingerprint density at radius 3 is 2.34 bits per heavy atom. The summed E-state index contributed by atoms with van der Waals surface area (Å²) in [7, 11) is -8.12. The summed E-state index contributed by atoms with van der Waals surface area (Å²) >= 11 is 0.